The van der Waals surface area contributed by atoms with E-state index >= 15 is 0 Å². The third-order valence-corrected chi connectivity index (χ3v) is 3.35. The van der Waals surface area contributed by atoms with E-state index in [4.69, 9.17) is 0 Å². The molecule has 0 bridgehead atoms. The molecule has 5 heteroatoms. The molecular formula is C14H13N3O2. The Hall–Kier alpha value is -2.43. The molecule has 0 atom stereocenters. The molecule has 1 aliphatic heterocycles. The van der Waals surface area contributed by atoms with Crippen LogP contribution in [0.5, 0.6) is 0 Å². The van der Waals surface area contributed by atoms with Gasteiger partial charge in [-0.05, 0) is 17.5 Å². The fraction of sp³-hybridized carbons (Fsp3) is 0.214. The maximum absolute atomic E-state index is 11.2. The van der Waals surface area contributed by atoms with Gasteiger partial charge in [-0.2, -0.15) is 0 Å². The number of carboxylic acid groups (broad SMARTS) is 1. The number of anilines is 1. The van der Waals surface area contributed by atoms with E-state index in [2.05, 4.69) is 22.1 Å². The molecule has 0 spiro atoms. The van der Waals surface area contributed by atoms with Gasteiger partial charge in [-0.3, -0.25) is 0 Å². The van der Waals surface area contributed by atoms with E-state index in [1.54, 1.807) is 0 Å². The van der Waals surface area contributed by atoms with Crippen LogP contribution in [0.4, 0.5) is 5.82 Å². The van der Waals surface area contributed by atoms with Crippen LogP contribution in [0.3, 0.4) is 0 Å². The molecule has 5 nitrogen and oxygen atoms in total. The van der Waals surface area contributed by atoms with E-state index in [0.29, 0.717) is 12.4 Å². The molecule has 0 amide bonds. The average molecular weight is 255 g/mol. The highest BCUT2D eigenvalue weighted by atomic mass is 16.4. The lowest BCUT2D eigenvalue weighted by atomic mass is 10.00. The van der Waals surface area contributed by atoms with Gasteiger partial charge >= 0.3 is 5.97 Å². The predicted molar refractivity (Wildman–Crippen MR) is 70.2 cm³/mol. The van der Waals surface area contributed by atoms with Crippen molar-refractivity contribution in [2.45, 2.75) is 13.0 Å². The Morgan fingerprint density at radius 3 is 2.84 bits per heavy atom. The Bertz CT molecular complexity index is 628. The zero-order valence-corrected chi connectivity index (χ0v) is 10.3. The average Bonchev–Trinajstić information content (AvgIpc) is 2.46. The molecule has 0 unspecified atom stereocenters. The minimum Gasteiger partial charge on any atom is -0.477 e. The van der Waals surface area contributed by atoms with Crippen molar-refractivity contribution in [3.05, 3.63) is 53.5 Å². The SMILES string of the molecule is O=C(O)c1cncnc1N1CCc2ccccc2C1. The van der Waals surface area contributed by atoms with Crippen molar-refractivity contribution < 1.29 is 9.90 Å². The summed E-state index contributed by atoms with van der Waals surface area (Å²) in [6.07, 6.45) is 3.65. The molecule has 1 N–H and O–H groups in total. The maximum Gasteiger partial charge on any atom is 0.341 e. The number of fused-ring (bicyclic) bond motifs is 1. The topological polar surface area (TPSA) is 66.3 Å². The van der Waals surface area contributed by atoms with Gasteiger partial charge in [0.05, 0.1) is 0 Å². The molecular weight excluding hydrogens is 242 g/mol. The molecule has 96 valence electrons. The fourth-order valence-corrected chi connectivity index (χ4v) is 2.40. The van der Waals surface area contributed by atoms with Gasteiger partial charge in [-0.1, -0.05) is 24.3 Å². The molecule has 2 aromatic rings. The highest BCUT2D eigenvalue weighted by Gasteiger charge is 2.21. The first-order valence-electron chi connectivity index (χ1n) is 6.11. The Morgan fingerprint density at radius 2 is 2.05 bits per heavy atom. The number of aromatic carboxylic acids is 1. The van der Waals surface area contributed by atoms with Crippen molar-refractivity contribution in [2.24, 2.45) is 0 Å². The molecule has 3 rings (SSSR count). The van der Waals surface area contributed by atoms with E-state index in [9.17, 15) is 9.90 Å². The first kappa shape index (κ1) is 11.6. The van der Waals surface area contributed by atoms with E-state index in [1.807, 2.05) is 17.0 Å². The molecule has 0 aliphatic carbocycles. The van der Waals surface area contributed by atoms with Crippen LogP contribution in [-0.4, -0.2) is 27.6 Å². The number of hydrogen-bond acceptors (Lipinski definition) is 4. The third-order valence-electron chi connectivity index (χ3n) is 3.35. The van der Waals surface area contributed by atoms with E-state index in [0.717, 1.165) is 13.0 Å². The van der Waals surface area contributed by atoms with Gasteiger partial charge in [-0.25, -0.2) is 14.8 Å². The van der Waals surface area contributed by atoms with Crippen molar-refractivity contribution in [1.29, 1.82) is 0 Å². The zero-order valence-electron chi connectivity index (χ0n) is 10.3. The Kier molecular flexibility index (Phi) is 2.87. The highest BCUT2D eigenvalue weighted by molar-refractivity contribution is 5.92. The van der Waals surface area contributed by atoms with Gasteiger partial charge in [0.15, 0.2) is 0 Å². The smallest absolute Gasteiger partial charge is 0.341 e. The summed E-state index contributed by atoms with van der Waals surface area (Å²) in [6, 6.07) is 8.22. The number of hydrogen-bond donors (Lipinski definition) is 1. The number of benzene rings is 1. The van der Waals surface area contributed by atoms with Crippen LogP contribution in [0.25, 0.3) is 0 Å². The molecule has 1 aliphatic rings. The summed E-state index contributed by atoms with van der Waals surface area (Å²) in [5.41, 5.74) is 2.70. The lowest BCUT2D eigenvalue weighted by Gasteiger charge is -2.30. The fourth-order valence-electron chi connectivity index (χ4n) is 2.40. The van der Waals surface area contributed by atoms with Gasteiger partial charge in [0.2, 0.25) is 0 Å². The van der Waals surface area contributed by atoms with Crippen molar-refractivity contribution in [1.82, 2.24) is 9.97 Å². The van der Waals surface area contributed by atoms with Gasteiger partial charge in [-0.15, -0.1) is 0 Å². The second kappa shape index (κ2) is 4.68. The molecule has 0 saturated carbocycles. The van der Waals surface area contributed by atoms with Crippen LogP contribution < -0.4 is 4.90 Å². The first-order chi connectivity index (χ1) is 9.25. The molecule has 0 radical (unpaired) electrons. The summed E-state index contributed by atoms with van der Waals surface area (Å²) in [5, 5.41) is 9.18. The van der Waals surface area contributed by atoms with Gasteiger partial charge in [0.1, 0.15) is 17.7 Å². The Morgan fingerprint density at radius 1 is 1.26 bits per heavy atom. The molecule has 19 heavy (non-hydrogen) atoms. The monoisotopic (exact) mass is 255 g/mol. The van der Waals surface area contributed by atoms with Crippen molar-refractivity contribution in [2.75, 3.05) is 11.4 Å². The van der Waals surface area contributed by atoms with Crippen molar-refractivity contribution in [3.63, 3.8) is 0 Å². The standard InChI is InChI=1S/C14H13N3O2/c18-14(19)12-7-15-9-16-13(12)17-6-5-10-3-1-2-4-11(10)8-17/h1-4,7,9H,5-6,8H2,(H,18,19). The largest absolute Gasteiger partial charge is 0.477 e. The first-order valence-corrected chi connectivity index (χ1v) is 6.11. The zero-order chi connectivity index (χ0) is 13.2. The molecule has 1 aromatic heterocycles. The predicted octanol–water partition coefficient (Wildman–Crippen LogP) is 1.74. The summed E-state index contributed by atoms with van der Waals surface area (Å²) in [7, 11) is 0. The Labute approximate surface area is 110 Å². The van der Waals surface area contributed by atoms with Crippen LogP contribution in [0.2, 0.25) is 0 Å². The van der Waals surface area contributed by atoms with Gasteiger partial charge < -0.3 is 10.0 Å². The minimum atomic E-state index is -0.991. The van der Waals surface area contributed by atoms with Crippen molar-refractivity contribution in [3.8, 4) is 0 Å². The normalized spacial score (nSPS) is 14.0. The van der Waals surface area contributed by atoms with Gasteiger partial charge in [0, 0.05) is 19.3 Å². The second-order valence-electron chi connectivity index (χ2n) is 4.51. The summed E-state index contributed by atoms with van der Waals surface area (Å²) in [4.78, 5) is 21.1. The summed E-state index contributed by atoms with van der Waals surface area (Å²) < 4.78 is 0. The molecule has 2 heterocycles. The van der Waals surface area contributed by atoms with Crippen LogP contribution in [0.1, 0.15) is 21.5 Å². The lowest BCUT2D eigenvalue weighted by molar-refractivity contribution is 0.0696. The summed E-state index contributed by atoms with van der Waals surface area (Å²) in [5.74, 6) is -0.494. The molecule has 0 fully saturated rings. The quantitative estimate of drug-likeness (QED) is 0.885. The molecule has 0 saturated heterocycles. The van der Waals surface area contributed by atoms with Crippen LogP contribution in [-0.2, 0) is 13.0 Å². The van der Waals surface area contributed by atoms with Crippen LogP contribution in [0.15, 0.2) is 36.8 Å². The minimum absolute atomic E-state index is 0.155. The highest BCUT2D eigenvalue weighted by Crippen LogP contribution is 2.24. The van der Waals surface area contributed by atoms with Crippen molar-refractivity contribution >= 4 is 11.8 Å². The number of carbonyl (C=O) groups is 1. The lowest BCUT2D eigenvalue weighted by Crippen LogP contribution is -2.32. The number of rotatable bonds is 2. The maximum atomic E-state index is 11.2. The van der Waals surface area contributed by atoms with E-state index < -0.39 is 5.97 Å². The number of nitrogens with zero attached hydrogens (tertiary/aromatic N) is 3. The summed E-state index contributed by atoms with van der Waals surface area (Å²) in [6.45, 7) is 1.46. The summed E-state index contributed by atoms with van der Waals surface area (Å²) >= 11 is 0. The van der Waals surface area contributed by atoms with Crippen LogP contribution >= 0.6 is 0 Å². The van der Waals surface area contributed by atoms with E-state index in [1.165, 1.54) is 23.7 Å². The third kappa shape index (κ3) is 2.14. The van der Waals surface area contributed by atoms with Crippen LogP contribution in [0, 0.1) is 0 Å². The number of carboxylic acids is 1. The van der Waals surface area contributed by atoms with E-state index in [-0.39, 0.29) is 5.56 Å². The second-order valence-corrected chi connectivity index (χ2v) is 4.51. The number of aromatic nitrogens is 2. The Balaban J connectivity index is 1.95. The van der Waals surface area contributed by atoms with Gasteiger partial charge in [0.25, 0.3) is 0 Å². The molecule has 1 aromatic carbocycles.